The molecule has 0 saturated carbocycles. The maximum Gasteiger partial charge on any atom is 0.225 e. The summed E-state index contributed by atoms with van der Waals surface area (Å²) in [7, 11) is 1.89. The number of fused-ring (bicyclic) bond motifs is 1. The first kappa shape index (κ1) is 19.6. The molecule has 0 spiro atoms. The molecule has 150 valence electrons. The van der Waals surface area contributed by atoms with Crippen LogP contribution in [0.4, 0.5) is 0 Å². The van der Waals surface area contributed by atoms with Crippen LogP contribution in [0.5, 0.6) is 11.5 Å². The third kappa shape index (κ3) is 4.33. The van der Waals surface area contributed by atoms with Gasteiger partial charge in [-0.2, -0.15) is 0 Å². The van der Waals surface area contributed by atoms with Crippen molar-refractivity contribution in [3.05, 3.63) is 75.8 Å². The number of benzene rings is 2. The van der Waals surface area contributed by atoms with E-state index < -0.39 is 6.04 Å². The Morgan fingerprint density at radius 1 is 1.21 bits per heavy atom. The van der Waals surface area contributed by atoms with E-state index >= 15 is 0 Å². The van der Waals surface area contributed by atoms with Gasteiger partial charge in [0.2, 0.25) is 5.91 Å². The maximum absolute atomic E-state index is 12.9. The highest BCUT2D eigenvalue weighted by molar-refractivity contribution is 6.32. The Labute approximate surface area is 178 Å². The molecule has 1 N–H and O–H groups in total. The molecule has 0 aliphatic carbocycles. The lowest BCUT2D eigenvalue weighted by Gasteiger charge is -2.21. The number of aromatic nitrogens is 2. The first-order chi connectivity index (χ1) is 14.0. The third-order valence-corrected chi connectivity index (χ3v) is 5.18. The van der Waals surface area contributed by atoms with Crippen LogP contribution in [0.2, 0.25) is 10.0 Å². The number of imidazole rings is 1. The minimum Gasteiger partial charge on any atom is -0.486 e. The van der Waals surface area contributed by atoms with Gasteiger partial charge in [-0.15, -0.1) is 0 Å². The average molecular weight is 432 g/mol. The lowest BCUT2D eigenvalue weighted by molar-refractivity contribution is -0.121. The molecule has 1 unspecified atom stereocenters. The second-order valence-electron chi connectivity index (χ2n) is 6.73. The number of hydrogen-bond acceptors (Lipinski definition) is 4. The molecule has 2 aromatic carbocycles. The molecule has 3 aromatic rings. The van der Waals surface area contributed by atoms with E-state index in [4.69, 9.17) is 32.7 Å². The second kappa shape index (κ2) is 8.35. The van der Waals surface area contributed by atoms with Crippen LogP contribution in [0.1, 0.15) is 23.0 Å². The lowest BCUT2D eigenvalue weighted by Crippen LogP contribution is -2.32. The summed E-state index contributed by atoms with van der Waals surface area (Å²) in [6, 6.07) is 10.4. The zero-order valence-electron chi connectivity index (χ0n) is 15.7. The Balaban J connectivity index is 1.56. The summed E-state index contributed by atoms with van der Waals surface area (Å²) in [6.07, 6.45) is 3.68. The summed E-state index contributed by atoms with van der Waals surface area (Å²) in [5.41, 5.74) is 1.63. The van der Waals surface area contributed by atoms with Crippen molar-refractivity contribution in [2.45, 2.75) is 12.5 Å². The normalized spacial score (nSPS) is 13.8. The van der Waals surface area contributed by atoms with Gasteiger partial charge in [0.1, 0.15) is 25.1 Å². The molecule has 1 aliphatic rings. The average Bonchev–Trinajstić information content (AvgIpc) is 3.12. The van der Waals surface area contributed by atoms with Crippen molar-refractivity contribution < 1.29 is 14.3 Å². The molecular formula is C21H19Cl2N3O3. The van der Waals surface area contributed by atoms with E-state index in [0.717, 1.165) is 17.0 Å². The molecule has 2 heterocycles. The van der Waals surface area contributed by atoms with Crippen LogP contribution >= 0.6 is 23.2 Å². The summed E-state index contributed by atoms with van der Waals surface area (Å²) >= 11 is 12.3. The summed E-state index contributed by atoms with van der Waals surface area (Å²) in [5, 5.41) is 4.13. The minimum absolute atomic E-state index is 0.144. The molecular weight excluding hydrogens is 413 g/mol. The molecule has 1 aliphatic heterocycles. The van der Waals surface area contributed by atoms with Gasteiger partial charge < -0.3 is 19.4 Å². The highest BCUT2D eigenvalue weighted by Crippen LogP contribution is 2.38. The van der Waals surface area contributed by atoms with Crippen LogP contribution in [0.25, 0.3) is 0 Å². The van der Waals surface area contributed by atoms with Crippen molar-refractivity contribution in [2.24, 2.45) is 7.05 Å². The Morgan fingerprint density at radius 3 is 2.69 bits per heavy atom. The number of amides is 1. The van der Waals surface area contributed by atoms with Gasteiger partial charge >= 0.3 is 0 Å². The van der Waals surface area contributed by atoms with Gasteiger partial charge in [-0.25, -0.2) is 4.98 Å². The van der Waals surface area contributed by atoms with E-state index in [2.05, 4.69) is 10.3 Å². The summed E-state index contributed by atoms with van der Waals surface area (Å²) < 4.78 is 13.0. The fraction of sp³-hybridized carbons (Fsp3) is 0.238. The zero-order chi connectivity index (χ0) is 20.4. The fourth-order valence-corrected chi connectivity index (χ4v) is 3.69. The monoisotopic (exact) mass is 431 g/mol. The third-order valence-electron chi connectivity index (χ3n) is 4.65. The number of nitrogens with zero attached hydrogens (tertiary/aromatic N) is 2. The molecule has 4 rings (SSSR count). The summed E-state index contributed by atoms with van der Waals surface area (Å²) in [6.45, 7) is 0.912. The molecule has 29 heavy (non-hydrogen) atoms. The summed E-state index contributed by atoms with van der Waals surface area (Å²) in [4.78, 5) is 17.3. The van der Waals surface area contributed by atoms with E-state index in [9.17, 15) is 4.79 Å². The lowest BCUT2D eigenvalue weighted by atomic mass is 10.0. The van der Waals surface area contributed by atoms with Crippen LogP contribution in [0.15, 0.2) is 48.8 Å². The van der Waals surface area contributed by atoms with Crippen molar-refractivity contribution in [3.8, 4) is 11.5 Å². The predicted octanol–water partition coefficient (Wildman–Crippen LogP) is 3.95. The molecule has 0 saturated heterocycles. The molecule has 1 atom stereocenters. The van der Waals surface area contributed by atoms with Crippen molar-refractivity contribution in [1.82, 2.24) is 14.9 Å². The topological polar surface area (TPSA) is 65.4 Å². The molecule has 8 heteroatoms. The van der Waals surface area contributed by atoms with Crippen molar-refractivity contribution in [1.29, 1.82) is 0 Å². The fourth-order valence-electron chi connectivity index (χ4n) is 3.27. The molecule has 6 nitrogen and oxygen atoms in total. The molecule has 0 bridgehead atoms. The van der Waals surface area contributed by atoms with Gasteiger partial charge in [0.05, 0.1) is 11.4 Å². The van der Waals surface area contributed by atoms with Gasteiger partial charge in [-0.1, -0.05) is 35.3 Å². The van der Waals surface area contributed by atoms with Crippen LogP contribution < -0.4 is 14.8 Å². The van der Waals surface area contributed by atoms with E-state index in [-0.39, 0.29) is 12.3 Å². The van der Waals surface area contributed by atoms with Crippen LogP contribution in [-0.2, 0) is 18.3 Å². The van der Waals surface area contributed by atoms with Crippen LogP contribution in [0, 0.1) is 0 Å². The first-order valence-corrected chi connectivity index (χ1v) is 9.87. The zero-order valence-corrected chi connectivity index (χ0v) is 17.2. The predicted molar refractivity (Wildman–Crippen MR) is 111 cm³/mol. The Hall–Kier alpha value is -2.70. The van der Waals surface area contributed by atoms with Gasteiger partial charge in [0.15, 0.2) is 11.5 Å². The van der Waals surface area contributed by atoms with E-state index in [0.29, 0.717) is 34.8 Å². The van der Waals surface area contributed by atoms with Crippen LogP contribution in [-0.4, -0.2) is 28.7 Å². The highest BCUT2D eigenvalue weighted by atomic mass is 35.5. The van der Waals surface area contributed by atoms with E-state index in [1.807, 2.05) is 29.9 Å². The number of nitrogens with one attached hydrogen (secondary N) is 1. The van der Waals surface area contributed by atoms with Crippen molar-refractivity contribution in [3.63, 3.8) is 0 Å². The first-order valence-electron chi connectivity index (χ1n) is 9.11. The Bertz CT molecular complexity index is 1030. The number of ether oxygens (including phenoxy) is 2. The van der Waals surface area contributed by atoms with Crippen LogP contribution in [0.3, 0.4) is 0 Å². The number of hydrogen-bond donors (Lipinski definition) is 1. The van der Waals surface area contributed by atoms with Gasteiger partial charge in [-0.3, -0.25) is 4.79 Å². The SMILES string of the molecule is Cn1ccnc1C(NC(=O)Cc1cc(Cl)c2c(c1)OCCO2)c1ccc(Cl)cc1. The van der Waals surface area contributed by atoms with Crippen molar-refractivity contribution in [2.75, 3.05) is 13.2 Å². The number of halogens is 2. The van der Waals surface area contributed by atoms with Gasteiger partial charge in [0.25, 0.3) is 0 Å². The number of rotatable bonds is 5. The molecule has 1 aromatic heterocycles. The smallest absolute Gasteiger partial charge is 0.225 e. The second-order valence-corrected chi connectivity index (χ2v) is 7.57. The summed E-state index contributed by atoms with van der Waals surface area (Å²) in [5.74, 6) is 1.64. The Kier molecular flexibility index (Phi) is 5.65. The Morgan fingerprint density at radius 2 is 1.97 bits per heavy atom. The van der Waals surface area contributed by atoms with E-state index in [1.54, 1.807) is 30.5 Å². The number of carbonyl (C=O) groups excluding carboxylic acids is 1. The van der Waals surface area contributed by atoms with E-state index in [1.165, 1.54) is 0 Å². The molecule has 0 radical (unpaired) electrons. The quantitative estimate of drug-likeness (QED) is 0.663. The van der Waals surface area contributed by atoms with Crippen molar-refractivity contribution >= 4 is 29.1 Å². The minimum atomic E-state index is -0.410. The standard InChI is InChI=1S/C21H19Cl2N3O3/c1-26-7-6-24-21(26)19(14-2-4-15(22)5-3-14)25-18(27)12-13-10-16(23)20-17(11-13)28-8-9-29-20/h2-7,10-11,19H,8-9,12H2,1H3,(H,25,27). The number of carbonyl (C=O) groups is 1. The van der Waals surface area contributed by atoms with Gasteiger partial charge in [-0.05, 0) is 35.4 Å². The maximum atomic E-state index is 12.9. The molecule has 0 fully saturated rings. The highest BCUT2D eigenvalue weighted by Gasteiger charge is 2.22. The largest absolute Gasteiger partial charge is 0.486 e. The van der Waals surface area contributed by atoms with Gasteiger partial charge in [0, 0.05) is 24.5 Å². The molecule has 1 amide bonds. The number of aryl methyl sites for hydroxylation is 1.